The number of hydrogen-bond donors (Lipinski definition) is 2. The maximum Gasteiger partial charge on any atom is 0.254 e. The topological polar surface area (TPSA) is 69.2 Å². The fourth-order valence-electron chi connectivity index (χ4n) is 3.02. The van der Waals surface area contributed by atoms with Gasteiger partial charge in [-0.25, -0.2) is 9.37 Å². The predicted molar refractivity (Wildman–Crippen MR) is 89.7 cm³/mol. The van der Waals surface area contributed by atoms with Crippen LogP contribution in [-0.4, -0.2) is 26.5 Å². The molecular weight excluding hydrogens is 333 g/mol. The number of H-pyrrole nitrogens is 1. The van der Waals surface area contributed by atoms with Crippen LogP contribution in [0.25, 0.3) is 0 Å². The average Bonchev–Trinajstić information content (AvgIpc) is 2.52. The summed E-state index contributed by atoms with van der Waals surface area (Å²) in [5, 5.41) is 10.0. The molecule has 0 spiro atoms. The third-order valence-electron chi connectivity index (χ3n) is 4.19. The molecule has 24 heavy (non-hydrogen) atoms. The molecule has 2 aromatic rings. The molecule has 0 saturated heterocycles. The summed E-state index contributed by atoms with van der Waals surface area (Å²) in [6.07, 6.45) is 2.21. The highest BCUT2D eigenvalue weighted by atomic mass is 35.5. The third kappa shape index (κ3) is 3.44. The standard InChI is InChI=1S/C17H19ClFN3O2/c1-2-3-15-20-14-9-22(5-4-12(14)17(24)21-15)8-10-6-11(19)7-13(18)16(10)23/h6-7,23H,2-5,8-9H2,1H3,(H,20,21,24). The summed E-state index contributed by atoms with van der Waals surface area (Å²) in [6, 6.07) is 2.37. The van der Waals surface area contributed by atoms with E-state index in [4.69, 9.17) is 11.6 Å². The first kappa shape index (κ1) is 16.9. The van der Waals surface area contributed by atoms with E-state index in [1.807, 2.05) is 11.8 Å². The molecule has 1 aliphatic rings. The molecule has 0 amide bonds. The lowest BCUT2D eigenvalue weighted by Crippen LogP contribution is -2.35. The predicted octanol–water partition coefficient (Wildman–Crippen LogP) is 2.78. The number of aromatic hydroxyl groups is 1. The minimum absolute atomic E-state index is 0.00205. The number of rotatable bonds is 4. The minimum Gasteiger partial charge on any atom is -0.506 e. The van der Waals surface area contributed by atoms with Crippen LogP contribution < -0.4 is 5.56 Å². The van der Waals surface area contributed by atoms with E-state index in [0.29, 0.717) is 43.0 Å². The second kappa shape index (κ2) is 6.91. The summed E-state index contributed by atoms with van der Waals surface area (Å²) in [4.78, 5) is 21.6. The SMILES string of the molecule is CCCc1nc2c(c(=O)[nH]1)CCN(Cc1cc(F)cc(Cl)c1O)C2. The van der Waals surface area contributed by atoms with Crippen LogP contribution in [0.2, 0.25) is 5.02 Å². The van der Waals surface area contributed by atoms with Crippen molar-refractivity contribution in [1.29, 1.82) is 0 Å². The maximum absolute atomic E-state index is 13.5. The van der Waals surface area contributed by atoms with Gasteiger partial charge in [0.05, 0.1) is 10.7 Å². The highest BCUT2D eigenvalue weighted by molar-refractivity contribution is 6.32. The highest BCUT2D eigenvalue weighted by Crippen LogP contribution is 2.30. The second-order valence-electron chi connectivity index (χ2n) is 6.04. The van der Waals surface area contributed by atoms with Crippen molar-refractivity contribution in [1.82, 2.24) is 14.9 Å². The van der Waals surface area contributed by atoms with Crippen LogP contribution in [0.5, 0.6) is 5.75 Å². The number of benzene rings is 1. The molecule has 0 aliphatic carbocycles. The van der Waals surface area contributed by atoms with Crippen LogP contribution in [0.1, 0.15) is 36.0 Å². The lowest BCUT2D eigenvalue weighted by molar-refractivity contribution is 0.236. The van der Waals surface area contributed by atoms with Crippen LogP contribution in [0, 0.1) is 5.82 Å². The number of aromatic amines is 1. The summed E-state index contributed by atoms with van der Waals surface area (Å²) in [7, 11) is 0. The first-order valence-electron chi connectivity index (χ1n) is 7.98. The molecule has 0 unspecified atom stereocenters. The molecular formula is C17H19ClFN3O2. The van der Waals surface area contributed by atoms with E-state index >= 15 is 0 Å². The van der Waals surface area contributed by atoms with E-state index in [2.05, 4.69) is 9.97 Å². The fraction of sp³-hybridized carbons (Fsp3) is 0.412. The molecule has 3 rings (SSSR count). The molecule has 0 saturated carbocycles. The number of nitrogens with one attached hydrogen (secondary N) is 1. The van der Waals surface area contributed by atoms with Gasteiger partial charge in [0, 0.05) is 37.2 Å². The van der Waals surface area contributed by atoms with Gasteiger partial charge in [-0.3, -0.25) is 9.69 Å². The molecule has 1 aromatic carbocycles. The largest absolute Gasteiger partial charge is 0.506 e. The molecule has 0 fully saturated rings. The Hall–Kier alpha value is -1.92. The van der Waals surface area contributed by atoms with E-state index in [9.17, 15) is 14.3 Å². The maximum atomic E-state index is 13.5. The first-order valence-corrected chi connectivity index (χ1v) is 8.36. The van der Waals surface area contributed by atoms with E-state index in [1.165, 1.54) is 6.07 Å². The monoisotopic (exact) mass is 351 g/mol. The van der Waals surface area contributed by atoms with Crippen LogP contribution in [0.3, 0.4) is 0 Å². The highest BCUT2D eigenvalue weighted by Gasteiger charge is 2.22. The fourth-order valence-corrected chi connectivity index (χ4v) is 3.24. The van der Waals surface area contributed by atoms with Crippen LogP contribution in [-0.2, 0) is 25.9 Å². The van der Waals surface area contributed by atoms with Gasteiger partial charge < -0.3 is 10.1 Å². The van der Waals surface area contributed by atoms with Gasteiger partial charge in [0.1, 0.15) is 17.4 Å². The van der Waals surface area contributed by atoms with Gasteiger partial charge in [0.2, 0.25) is 0 Å². The second-order valence-corrected chi connectivity index (χ2v) is 6.45. The normalized spacial score (nSPS) is 14.6. The number of aryl methyl sites for hydroxylation is 1. The Morgan fingerprint density at radius 2 is 2.25 bits per heavy atom. The summed E-state index contributed by atoms with van der Waals surface area (Å²) in [5.41, 5.74) is 1.84. The molecule has 0 radical (unpaired) electrons. The van der Waals surface area contributed by atoms with Gasteiger partial charge in [-0.05, 0) is 25.0 Å². The molecule has 2 heterocycles. The van der Waals surface area contributed by atoms with Gasteiger partial charge in [0.25, 0.3) is 5.56 Å². The van der Waals surface area contributed by atoms with E-state index in [-0.39, 0.29) is 16.3 Å². The van der Waals surface area contributed by atoms with Gasteiger partial charge in [-0.2, -0.15) is 0 Å². The Morgan fingerprint density at radius 3 is 3.00 bits per heavy atom. The van der Waals surface area contributed by atoms with Crippen molar-refractivity contribution in [2.75, 3.05) is 6.54 Å². The Labute approximate surface area is 144 Å². The number of aromatic nitrogens is 2. The van der Waals surface area contributed by atoms with E-state index in [1.54, 1.807) is 0 Å². The quantitative estimate of drug-likeness (QED) is 0.888. The van der Waals surface area contributed by atoms with Crippen LogP contribution >= 0.6 is 11.6 Å². The van der Waals surface area contributed by atoms with Crippen molar-refractivity contribution in [3.05, 3.63) is 56.0 Å². The van der Waals surface area contributed by atoms with Crippen LogP contribution in [0.15, 0.2) is 16.9 Å². The van der Waals surface area contributed by atoms with E-state index < -0.39 is 5.82 Å². The van der Waals surface area contributed by atoms with Crippen molar-refractivity contribution < 1.29 is 9.50 Å². The summed E-state index contributed by atoms with van der Waals surface area (Å²) < 4.78 is 13.5. The Kier molecular flexibility index (Phi) is 4.87. The summed E-state index contributed by atoms with van der Waals surface area (Å²) in [5.74, 6) is 0.110. The van der Waals surface area contributed by atoms with Crippen molar-refractivity contribution in [2.45, 2.75) is 39.3 Å². The molecule has 7 heteroatoms. The number of phenols is 1. The zero-order valence-corrected chi connectivity index (χ0v) is 14.2. The number of halogens is 2. The van der Waals surface area contributed by atoms with E-state index in [0.717, 1.165) is 24.6 Å². The lowest BCUT2D eigenvalue weighted by atomic mass is 10.0. The molecule has 0 bridgehead atoms. The average molecular weight is 352 g/mol. The molecule has 1 aromatic heterocycles. The van der Waals surface area contributed by atoms with Crippen molar-refractivity contribution in [2.24, 2.45) is 0 Å². The Bertz CT molecular complexity index is 822. The minimum atomic E-state index is -0.481. The Balaban J connectivity index is 1.84. The number of hydrogen-bond acceptors (Lipinski definition) is 4. The van der Waals surface area contributed by atoms with Gasteiger partial charge in [-0.1, -0.05) is 18.5 Å². The van der Waals surface area contributed by atoms with Crippen molar-refractivity contribution in [3.63, 3.8) is 0 Å². The molecule has 1 aliphatic heterocycles. The third-order valence-corrected chi connectivity index (χ3v) is 4.48. The van der Waals surface area contributed by atoms with Gasteiger partial charge >= 0.3 is 0 Å². The molecule has 128 valence electrons. The lowest BCUT2D eigenvalue weighted by Gasteiger charge is -2.28. The van der Waals surface area contributed by atoms with Crippen LogP contribution in [0.4, 0.5) is 4.39 Å². The van der Waals surface area contributed by atoms with Gasteiger partial charge in [-0.15, -0.1) is 0 Å². The van der Waals surface area contributed by atoms with Crippen molar-refractivity contribution in [3.8, 4) is 5.75 Å². The molecule has 0 atom stereocenters. The zero-order chi connectivity index (χ0) is 17.3. The summed E-state index contributed by atoms with van der Waals surface area (Å²) >= 11 is 5.83. The summed E-state index contributed by atoms with van der Waals surface area (Å²) in [6.45, 7) is 3.50. The molecule has 2 N–H and O–H groups in total. The number of fused-ring (bicyclic) bond motifs is 1. The zero-order valence-electron chi connectivity index (χ0n) is 13.4. The Morgan fingerprint density at radius 1 is 1.46 bits per heavy atom. The number of phenolic OH excluding ortho intramolecular Hbond substituents is 1. The first-order chi connectivity index (χ1) is 11.5. The van der Waals surface area contributed by atoms with Gasteiger partial charge in [0.15, 0.2) is 0 Å². The number of nitrogens with zero attached hydrogens (tertiary/aromatic N) is 2. The smallest absolute Gasteiger partial charge is 0.254 e. The molecule has 5 nitrogen and oxygen atoms in total. The van der Waals surface area contributed by atoms with Crippen molar-refractivity contribution >= 4 is 11.6 Å².